The summed E-state index contributed by atoms with van der Waals surface area (Å²) in [6.07, 6.45) is 6.80. The number of para-hydroxylation sites is 5. The lowest BCUT2D eigenvalue weighted by Crippen LogP contribution is -2.11. The van der Waals surface area contributed by atoms with E-state index in [0.29, 0.717) is 5.92 Å². The smallest absolute Gasteiger partial charge is 0.0652 e. The van der Waals surface area contributed by atoms with Crippen molar-refractivity contribution in [2.75, 3.05) is 14.8 Å². The number of aromatic nitrogens is 1. The first-order valence-electron chi connectivity index (χ1n) is 22.0. The molecule has 0 saturated carbocycles. The molecule has 1 heterocycles. The summed E-state index contributed by atoms with van der Waals surface area (Å²) in [6, 6.07) is 75.4. The van der Waals surface area contributed by atoms with Crippen molar-refractivity contribution < 1.29 is 0 Å². The van der Waals surface area contributed by atoms with Crippen molar-refractivity contribution in [3.05, 3.63) is 218 Å². The van der Waals surface area contributed by atoms with Crippen LogP contribution < -0.4 is 14.8 Å². The van der Waals surface area contributed by atoms with E-state index < -0.39 is 0 Å². The molecule has 62 heavy (non-hydrogen) atoms. The van der Waals surface area contributed by atoms with Crippen LogP contribution >= 0.6 is 0 Å². The highest BCUT2D eigenvalue weighted by Gasteiger charge is 2.21. The molecule has 0 spiro atoms. The lowest BCUT2D eigenvalue weighted by Gasteiger charge is -2.26. The van der Waals surface area contributed by atoms with Crippen molar-refractivity contribution in [2.45, 2.75) is 46.1 Å². The molecule has 9 rings (SSSR count). The number of fused-ring (bicyclic) bond motifs is 3. The third kappa shape index (κ3) is 8.61. The van der Waals surface area contributed by atoms with E-state index in [1.165, 1.54) is 41.1 Å². The van der Waals surface area contributed by atoms with E-state index in [4.69, 9.17) is 5.10 Å². The average Bonchev–Trinajstić information content (AvgIpc) is 3.64. The van der Waals surface area contributed by atoms with Crippen molar-refractivity contribution >= 4 is 73.5 Å². The maximum Gasteiger partial charge on any atom is 0.0652 e. The second-order valence-corrected chi connectivity index (χ2v) is 15.9. The van der Waals surface area contributed by atoms with Crippen LogP contribution in [-0.2, 0) is 6.54 Å². The maximum absolute atomic E-state index is 4.98. The van der Waals surface area contributed by atoms with Crippen LogP contribution in [0.1, 0.15) is 45.1 Å². The predicted octanol–water partition coefficient (Wildman–Crippen LogP) is 16.1. The van der Waals surface area contributed by atoms with E-state index in [-0.39, 0.29) is 0 Å². The first-order chi connectivity index (χ1) is 30.7. The van der Waals surface area contributed by atoms with Gasteiger partial charge in [0.05, 0.1) is 17.6 Å². The van der Waals surface area contributed by atoms with Crippen molar-refractivity contribution in [2.24, 2.45) is 11.0 Å². The standard InChI is InChI=1S/C57H53N5/c1-3-5-21-44(4-2)43-59-56-38-36-52(60(46-22-11-6-12-23-46)47-24-13-7-14-25-47)40-54(56)55-41-53(37-39-57(55)59)61(48-26-15-8-16-27-48)49-34-32-45(33-35-49)42-58-62(50-28-17-9-18-29-50)51-30-19-10-20-31-51/h6-20,22-42,44H,3-5,21,43H2,1-2H3/b58-42+. The summed E-state index contributed by atoms with van der Waals surface area (Å²) in [5.74, 6) is 0.605. The highest BCUT2D eigenvalue weighted by molar-refractivity contribution is 6.11. The number of anilines is 8. The predicted molar refractivity (Wildman–Crippen MR) is 265 cm³/mol. The van der Waals surface area contributed by atoms with Gasteiger partial charge in [-0.25, -0.2) is 5.01 Å². The van der Waals surface area contributed by atoms with Gasteiger partial charge in [-0.2, -0.15) is 5.10 Å². The Labute approximate surface area is 366 Å². The van der Waals surface area contributed by atoms with Gasteiger partial charge in [0.2, 0.25) is 0 Å². The second kappa shape index (κ2) is 18.9. The van der Waals surface area contributed by atoms with E-state index >= 15 is 0 Å². The fourth-order valence-corrected chi connectivity index (χ4v) is 8.61. The molecule has 0 saturated heterocycles. The number of rotatable bonds is 16. The molecule has 0 amide bonds. The van der Waals surface area contributed by atoms with Crippen LogP contribution in [0.3, 0.4) is 0 Å². The van der Waals surface area contributed by atoms with Crippen LogP contribution in [0, 0.1) is 5.92 Å². The molecule has 5 nitrogen and oxygen atoms in total. The second-order valence-electron chi connectivity index (χ2n) is 15.9. The molecular formula is C57H53N5. The number of hydrazone groups is 1. The summed E-state index contributed by atoms with van der Waals surface area (Å²) in [7, 11) is 0. The zero-order valence-corrected chi connectivity index (χ0v) is 35.6. The Bertz CT molecular complexity index is 2760. The molecular weight excluding hydrogens is 755 g/mol. The van der Waals surface area contributed by atoms with E-state index in [1.54, 1.807) is 0 Å². The van der Waals surface area contributed by atoms with Gasteiger partial charge in [0, 0.05) is 62.5 Å². The zero-order valence-electron chi connectivity index (χ0n) is 35.6. The molecule has 0 radical (unpaired) electrons. The lowest BCUT2D eigenvalue weighted by atomic mass is 9.99. The molecule has 1 atom stereocenters. The minimum atomic E-state index is 0.605. The van der Waals surface area contributed by atoms with Crippen molar-refractivity contribution in [1.82, 2.24) is 4.57 Å². The Kier molecular flexibility index (Phi) is 12.2. The Morgan fingerprint density at radius 1 is 0.452 bits per heavy atom. The molecule has 8 aromatic carbocycles. The molecule has 0 aliphatic heterocycles. The maximum atomic E-state index is 4.98. The average molecular weight is 808 g/mol. The molecule has 9 aromatic rings. The van der Waals surface area contributed by atoms with E-state index in [1.807, 2.05) is 47.6 Å². The molecule has 0 N–H and O–H groups in total. The summed E-state index contributed by atoms with van der Waals surface area (Å²) < 4.78 is 2.59. The van der Waals surface area contributed by atoms with Crippen molar-refractivity contribution in [3.63, 3.8) is 0 Å². The van der Waals surface area contributed by atoms with Gasteiger partial charge in [0.1, 0.15) is 0 Å². The molecule has 5 heteroatoms. The monoisotopic (exact) mass is 807 g/mol. The van der Waals surface area contributed by atoms with Gasteiger partial charge in [-0.05, 0) is 127 Å². The molecule has 306 valence electrons. The Balaban J connectivity index is 1.15. The summed E-state index contributed by atoms with van der Waals surface area (Å²) in [4.78, 5) is 4.73. The van der Waals surface area contributed by atoms with Gasteiger partial charge in [-0.3, -0.25) is 0 Å². The van der Waals surface area contributed by atoms with E-state index in [2.05, 4.69) is 204 Å². The number of unbranched alkanes of at least 4 members (excludes halogenated alkanes) is 1. The fraction of sp³-hybridized carbons (Fsp3) is 0.140. The van der Waals surface area contributed by atoms with Crippen molar-refractivity contribution in [1.29, 1.82) is 0 Å². The molecule has 0 aliphatic rings. The van der Waals surface area contributed by atoms with Crippen LogP contribution in [0.5, 0.6) is 0 Å². The Morgan fingerprint density at radius 3 is 1.24 bits per heavy atom. The number of hydrogen-bond acceptors (Lipinski definition) is 4. The highest BCUT2D eigenvalue weighted by atomic mass is 15.5. The molecule has 1 aromatic heterocycles. The van der Waals surface area contributed by atoms with Crippen LogP contribution in [0.2, 0.25) is 0 Å². The quantitative estimate of drug-likeness (QED) is 0.0719. The Hall–Kier alpha value is -7.37. The minimum Gasteiger partial charge on any atom is -0.340 e. The van der Waals surface area contributed by atoms with Gasteiger partial charge >= 0.3 is 0 Å². The topological polar surface area (TPSA) is 27.0 Å². The number of benzene rings is 8. The van der Waals surface area contributed by atoms with Gasteiger partial charge < -0.3 is 14.4 Å². The number of nitrogens with zero attached hydrogens (tertiary/aromatic N) is 5. The molecule has 0 bridgehead atoms. The van der Waals surface area contributed by atoms with Crippen LogP contribution in [0.25, 0.3) is 21.8 Å². The highest BCUT2D eigenvalue weighted by Crippen LogP contribution is 2.42. The summed E-state index contributed by atoms with van der Waals surface area (Å²) >= 11 is 0. The van der Waals surface area contributed by atoms with Gasteiger partial charge in [-0.1, -0.05) is 136 Å². The number of hydrogen-bond donors (Lipinski definition) is 0. The zero-order chi connectivity index (χ0) is 42.1. The van der Waals surface area contributed by atoms with E-state index in [9.17, 15) is 0 Å². The SMILES string of the molecule is CCCCC(CC)Cn1c2ccc(N(c3ccccc3)c3ccccc3)cc2c2cc(N(c3ccccc3)c3ccc(/C=N/N(c4ccccc4)c4ccccc4)cc3)ccc21. The third-order valence-electron chi connectivity index (χ3n) is 11.9. The lowest BCUT2D eigenvalue weighted by molar-refractivity contribution is 0.401. The molecule has 1 unspecified atom stereocenters. The summed E-state index contributed by atoms with van der Waals surface area (Å²) in [5.41, 5.74) is 12.2. The first kappa shape index (κ1) is 40.1. The fourth-order valence-electron chi connectivity index (χ4n) is 8.61. The molecule has 0 aliphatic carbocycles. The third-order valence-corrected chi connectivity index (χ3v) is 11.9. The minimum absolute atomic E-state index is 0.605. The normalized spacial score (nSPS) is 11.9. The first-order valence-corrected chi connectivity index (χ1v) is 22.0. The summed E-state index contributed by atoms with van der Waals surface area (Å²) in [5, 5.41) is 9.46. The summed E-state index contributed by atoms with van der Waals surface area (Å²) in [6.45, 7) is 5.64. The van der Waals surface area contributed by atoms with Crippen LogP contribution in [0.15, 0.2) is 217 Å². The van der Waals surface area contributed by atoms with Crippen LogP contribution in [-0.4, -0.2) is 10.8 Å². The van der Waals surface area contributed by atoms with Gasteiger partial charge in [0.15, 0.2) is 0 Å². The van der Waals surface area contributed by atoms with E-state index in [0.717, 1.165) is 64.0 Å². The molecule has 0 fully saturated rings. The Morgan fingerprint density at radius 2 is 0.839 bits per heavy atom. The largest absolute Gasteiger partial charge is 0.340 e. The van der Waals surface area contributed by atoms with Gasteiger partial charge in [-0.15, -0.1) is 0 Å². The van der Waals surface area contributed by atoms with Crippen molar-refractivity contribution in [3.8, 4) is 0 Å². The van der Waals surface area contributed by atoms with Gasteiger partial charge in [0.25, 0.3) is 0 Å². The van der Waals surface area contributed by atoms with Crippen LogP contribution in [0.4, 0.5) is 45.5 Å².